The van der Waals surface area contributed by atoms with Crippen molar-refractivity contribution >= 4 is 0 Å². The van der Waals surface area contributed by atoms with Crippen LogP contribution in [0.3, 0.4) is 0 Å². The van der Waals surface area contributed by atoms with Crippen molar-refractivity contribution in [1.29, 1.82) is 0 Å². The van der Waals surface area contributed by atoms with Gasteiger partial charge in [0, 0.05) is 0 Å². The van der Waals surface area contributed by atoms with E-state index in [0.29, 0.717) is 5.41 Å². The van der Waals surface area contributed by atoms with Crippen molar-refractivity contribution in [3.63, 3.8) is 0 Å². The van der Waals surface area contributed by atoms with Gasteiger partial charge in [-0.25, -0.2) is 0 Å². The van der Waals surface area contributed by atoms with E-state index in [1.165, 1.54) is 88.2 Å². The van der Waals surface area contributed by atoms with Gasteiger partial charge in [-0.15, -0.1) is 0 Å². The molecular formula is C27H44O. The van der Waals surface area contributed by atoms with Crippen molar-refractivity contribution in [3.05, 3.63) is 35.5 Å². The maximum atomic E-state index is 10.0. The Morgan fingerprint density at radius 3 is 2.64 bits per heavy atom. The van der Waals surface area contributed by atoms with Crippen LogP contribution in [0, 0.1) is 17.3 Å². The van der Waals surface area contributed by atoms with Gasteiger partial charge in [0.2, 0.25) is 0 Å². The summed E-state index contributed by atoms with van der Waals surface area (Å²) in [7, 11) is 0. The largest absolute Gasteiger partial charge is 0.393 e. The molecule has 158 valence electrons. The molecule has 0 spiro atoms. The van der Waals surface area contributed by atoms with E-state index < -0.39 is 0 Å². The Hall–Kier alpha value is -0.820. The van der Waals surface area contributed by atoms with E-state index in [-0.39, 0.29) is 6.10 Å². The van der Waals surface area contributed by atoms with Gasteiger partial charge < -0.3 is 5.11 Å². The molecule has 3 aliphatic carbocycles. The summed E-state index contributed by atoms with van der Waals surface area (Å²) in [5.41, 5.74) is 4.77. The van der Waals surface area contributed by atoms with Crippen molar-refractivity contribution in [3.8, 4) is 0 Å². The zero-order chi connectivity index (χ0) is 20.0. The zero-order valence-corrected chi connectivity index (χ0v) is 18.6. The third kappa shape index (κ3) is 5.21. The lowest BCUT2D eigenvalue weighted by atomic mass is 9.62. The Labute approximate surface area is 174 Å². The van der Waals surface area contributed by atoms with Crippen molar-refractivity contribution in [2.45, 2.75) is 116 Å². The van der Waals surface area contributed by atoms with Gasteiger partial charge in [0.05, 0.1) is 6.10 Å². The molecule has 0 unspecified atom stereocenters. The lowest BCUT2D eigenvalue weighted by Crippen LogP contribution is -2.33. The molecule has 3 aliphatic rings. The lowest BCUT2D eigenvalue weighted by molar-refractivity contribution is 0.127. The van der Waals surface area contributed by atoms with Gasteiger partial charge in [0.1, 0.15) is 0 Å². The Morgan fingerprint density at radius 2 is 1.82 bits per heavy atom. The van der Waals surface area contributed by atoms with Crippen LogP contribution in [0.5, 0.6) is 0 Å². The van der Waals surface area contributed by atoms with Crippen LogP contribution >= 0.6 is 0 Å². The van der Waals surface area contributed by atoms with Crippen molar-refractivity contribution in [1.82, 2.24) is 0 Å². The van der Waals surface area contributed by atoms with Crippen molar-refractivity contribution < 1.29 is 5.11 Å². The topological polar surface area (TPSA) is 20.2 Å². The second-order valence-corrected chi connectivity index (χ2v) is 10.2. The van der Waals surface area contributed by atoms with Gasteiger partial charge in [0.15, 0.2) is 0 Å². The molecule has 1 heteroatoms. The van der Waals surface area contributed by atoms with E-state index in [2.05, 4.69) is 32.6 Å². The maximum Gasteiger partial charge on any atom is 0.0583 e. The first kappa shape index (κ1) is 21.9. The molecule has 0 radical (unpaired) electrons. The number of fused-ring (bicyclic) bond motifs is 1. The minimum absolute atomic E-state index is 0.167. The van der Waals surface area contributed by atoms with Crippen LogP contribution in [-0.2, 0) is 0 Å². The number of rotatable bonds is 8. The van der Waals surface area contributed by atoms with E-state index >= 15 is 0 Å². The maximum absolute atomic E-state index is 10.0. The molecule has 0 amide bonds. The molecule has 0 aromatic heterocycles. The number of hydrogen-bond donors (Lipinski definition) is 1. The normalized spacial score (nSPS) is 36.2. The van der Waals surface area contributed by atoms with E-state index in [4.69, 9.17) is 0 Å². The van der Waals surface area contributed by atoms with Crippen LogP contribution in [0.15, 0.2) is 35.5 Å². The second-order valence-electron chi connectivity index (χ2n) is 10.2. The lowest BCUT2D eigenvalue weighted by Gasteiger charge is -2.42. The highest BCUT2D eigenvalue weighted by molar-refractivity contribution is 5.36. The van der Waals surface area contributed by atoms with Crippen LogP contribution < -0.4 is 0 Å². The molecule has 0 heterocycles. The monoisotopic (exact) mass is 384 g/mol. The molecule has 4 atom stereocenters. The summed E-state index contributed by atoms with van der Waals surface area (Å²) in [5.74, 6) is 1.73. The summed E-state index contributed by atoms with van der Waals surface area (Å²) >= 11 is 0. The molecule has 0 bridgehead atoms. The molecule has 1 N–H and O–H groups in total. The fraction of sp³-hybridized carbons (Fsp3) is 0.778. The van der Waals surface area contributed by atoms with Gasteiger partial charge in [-0.05, 0) is 80.6 Å². The predicted molar refractivity (Wildman–Crippen MR) is 121 cm³/mol. The molecule has 3 fully saturated rings. The minimum atomic E-state index is -0.167. The summed E-state index contributed by atoms with van der Waals surface area (Å²) in [4.78, 5) is 0. The fourth-order valence-electron chi connectivity index (χ4n) is 6.39. The Morgan fingerprint density at radius 1 is 1.04 bits per heavy atom. The van der Waals surface area contributed by atoms with Crippen molar-refractivity contribution in [2.75, 3.05) is 0 Å². The highest BCUT2D eigenvalue weighted by Crippen LogP contribution is 2.58. The SMILES string of the molecule is C=C1CC[C@H](O)C/C1=C\C=C1/CCC[C@]2(C)[C@@H](CCCCCCCC)CC[C@@H]12. The van der Waals surface area contributed by atoms with E-state index in [9.17, 15) is 5.11 Å². The summed E-state index contributed by atoms with van der Waals surface area (Å²) < 4.78 is 0. The van der Waals surface area contributed by atoms with Gasteiger partial charge >= 0.3 is 0 Å². The standard InChI is InChI=1S/C27H44O/c1-4-5-6-7-8-9-12-24-16-18-26-22(11-10-19-27(24,26)3)14-15-23-20-25(28)17-13-21(23)2/h14-15,24-26,28H,2,4-13,16-20H2,1,3H3/b22-14+,23-15+/t24-,25-,26-,27+/m0/s1. The molecule has 0 saturated heterocycles. The zero-order valence-electron chi connectivity index (χ0n) is 18.6. The molecule has 3 saturated carbocycles. The van der Waals surface area contributed by atoms with Crippen LogP contribution in [-0.4, -0.2) is 11.2 Å². The van der Waals surface area contributed by atoms with Gasteiger partial charge in [-0.1, -0.05) is 82.2 Å². The number of hydrogen-bond acceptors (Lipinski definition) is 1. The highest BCUT2D eigenvalue weighted by atomic mass is 16.3. The Bertz CT molecular complexity index is 583. The average Bonchev–Trinajstić information content (AvgIpc) is 3.02. The fourth-order valence-corrected chi connectivity index (χ4v) is 6.39. The Kier molecular flexibility index (Phi) is 8.03. The van der Waals surface area contributed by atoms with Crippen LogP contribution in [0.25, 0.3) is 0 Å². The smallest absolute Gasteiger partial charge is 0.0583 e. The molecule has 0 aliphatic heterocycles. The minimum Gasteiger partial charge on any atom is -0.393 e. The summed E-state index contributed by atoms with van der Waals surface area (Å²) in [5, 5.41) is 10.0. The number of unbranched alkanes of at least 4 members (excludes halogenated alkanes) is 5. The van der Waals surface area contributed by atoms with Crippen LogP contribution in [0.1, 0.15) is 110 Å². The molecular weight excluding hydrogens is 340 g/mol. The first-order valence-electron chi connectivity index (χ1n) is 12.3. The number of aliphatic hydroxyl groups is 1. The molecule has 1 nitrogen and oxygen atoms in total. The van der Waals surface area contributed by atoms with E-state index in [1.54, 1.807) is 5.57 Å². The first-order valence-corrected chi connectivity index (χ1v) is 12.3. The van der Waals surface area contributed by atoms with E-state index in [0.717, 1.165) is 31.1 Å². The third-order valence-corrected chi connectivity index (χ3v) is 8.25. The average molecular weight is 385 g/mol. The Balaban J connectivity index is 1.59. The van der Waals surface area contributed by atoms with Crippen molar-refractivity contribution in [2.24, 2.45) is 17.3 Å². The van der Waals surface area contributed by atoms with Gasteiger partial charge in [-0.2, -0.15) is 0 Å². The quantitative estimate of drug-likeness (QED) is 0.421. The number of aliphatic hydroxyl groups excluding tert-OH is 1. The third-order valence-electron chi connectivity index (χ3n) is 8.25. The molecule has 0 aromatic rings. The van der Waals surface area contributed by atoms with E-state index in [1.807, 2.05) is 0 Å². The summed E-state index contributed by atoms with van der Waals surface area (Å²) in [6.45, 7) is 9.15. The summed E-state index contributed by atoms with van der Waals surface area (Å²) in [6.07, 6.45) is 24.1. The molecule has 28 heavy (non-hydrogen) atoms. The predicted octanol–water partition coefficient (Wildman–Crippen LogP) is 7.91. The highest BCUT2D eigenvalue weighted by Gasteiger charge is 2.48. The molecule has 0 aromatic carbocycles. The van der Waals surface area contributed by atoms with Crippen LogP contribution in [0.4, 0.5) is 0 Å². The van der Waals surface area contributed by atoms with Gasteiger partial charge in [-0.3, -0.25) is 0 Å². The summed E-state index contributed by atoms with van der Waals surface area (Å²) in [6, 6.07) is 0. The van der Waals surface area contributed by atoms with Crippen LogP contribution in [0.2, 0.25) is 0 Å². The number of allylic oxidation sites excluding steroid dienone is 4. The molecule has 3 rings (SSSR count). The second kappa shape index (κ2) is 10.3. The first-order chi connectivity index (χ1) is 13.5. The van der Waals surface area contributed by atoms with Gasteiger partial charge in [0.25, 0.3) is 0 Å².